The van der Waals surface area contributed by atoms with Crippen LogP contribution in [0, 0.1) is 0 Å². The molecule has 2 aromatic rings. The average molecular weight is 315 g/mol. The van der Waals surface area contributed by atoms with Gasteiger partial charge in [-0.15, -0.1) is 11.8 Å². The molecule has 0 saturated heterocycles. The van der Waals surface area contributed by atoms with Crippen LogP contribution in [0.15, 0.2) is 65.6 Å². The lowest BCUT2D eigenvalue weighted by Crippen LogP contribution is -2.29. The molecule has 0 aliphatic heterocycles. The van der Waals surface area contributed by atoms with Crippen molar-refractivity contribution in [1.29, 1.82) is 0 Å². The first-order valence-corrected chi connectivity index (χ1v) is 8.41. The topological polar surface area (TPSA) is 49.3 Å². The molecule has 2 rings (SSSR count). The molecule has 0 saturated carbocycles. The normalized spacial score (nSPS) is 11.9. The first kappa shape index (κ1) is 16.6. The maximum Gasteiger partial charge on any atom is 0.221 e. The van der Waals surface area contributed by atoms with E-state index in [1.165, 1.54) is 4.90 Å². The average Bonchev–Trinajstić information content (AvgIpc) is 2.56. The number of rotatable bonds is 8. The molecule has 0 aliphatic rings. The van der Waals surface area contributed by atoms with Gasteiger partial charge in [-0.05, 0) is 24.1 Å². The van der Waals surface area contributed by atoms with Gasteiger partial charge in [0.1, 0.15) is 0 Å². The van der Waals surface area contributed by atoms with Gasteiger partial charge in [-0.2, -0.15) is 0 Å². The number of hydrogen-bond acceptors (Lipinski definition) is 3. The molecular formula is C18H21NO2S. The zero-order valence-corrected chi connectivity index (χ0v) is 13.3. The Balaban J connectivity index is 1.81. The third-order valence-electron chi connectivity index (χ3n) is 3.30. The number of amides is 1. The van der Waals surface area contributed by atoms with E-state index in [9.17, 15) is 9.90 Å². The van der Waals surface area contributed by atoms with Gasteiger partial charge in [0.05, 0.1) is 6.04 Å². The van der Waals surface area contributed by atoms with Gasteiger partial charge >= 0.3 is 0 Å². The van der Waals surface area contributed by atoms with Crippen molar-refractivity contribution in [3.8, 4) is 0 Å². The summed E-state index contributed by atoms with van der Waals surface area (Å²) in [5.74, 6) is 0.766. The van der Waals surface area contributed by atoms with Crippen molar-refractivity contribution in [2.75, 3.05) is 12.4 Å². The van der Waals surface area contributed by atoms with Gasteiger partial charge in [-0.3, -0.25) is 4.79 Å². The number of nitrogens with one attached hydrogen (secondary N) is 1. The van der Waals surface area contributed by atoms with Gasteiger partial charge in [-0.1, -0.05) is 48.5 Å². The number of aliphatic hydroxyl groups is 1. The van der Waals surface area contributed by atoms with Crippen molar-refractivity contribution in [2.24, 2.45) is 0 Å². The highest BCUT2D eigenvalue weighted by Crippen LogP contribution is 2.19. The van der Waals surface area contributed by atoms with E-state index in [1.54, 1.807) is 11.8 Å². The molecule has 0 heterocycles. The number of hydrogen-bond donors (Lipinski definition) is 2. The standard InChI is InChI=1S/C18H21NO2S/c20-13-11-17(15-7-3-1-4-8-15)19-18(21)12-14-22-16-9-5-2-6-10-16/h1-10,17,20H,11-14H2,(H,19,21). The van der Waals surface area contributed by atoms with Crippen LogP contribution in [0.2, 0.25) is 0 Å². The zero-order chi connectivity index (χ0) is 15.6. The van der Waals surface area contributed by atoms with Crippen LogP contribution in [0.4, 0.5) is 0 Å². The van der Waals surface area contributed by atoms with Crippen molar-refractivity contribution in [1.82, 2.24) is 5.32 Å². The molecule has 0 spiro atoms. The highest BCUT2D eigenvalue weighted by atomic mass is 32.2. The van der Waals surface area contributed by atoms with Crippen LogP contribution < -0.4 is 5.32 Å². The molecule has 2 N–H and O–H groups in total. The fourth-order valence-electron chi connectivity index (χ4n) is 2.18. The zero-order valence-electron chi connectivity index (χ0n) is 12.4. The molecule has 1 amide bonds. The monoisotopic (exact) mass is 315 g/mol. The van der Waals surface area contributed by atoms with Gasteiger partial charge in [-0.25, -0.2) is 0 Å². The van der Waals surface area contributed by atoms with Crippen molar-refractivity contribution >= 4 is 17.7 Å². The first-order valence-electron chi connectivity index (χ1n) is 7.42. The second-order valence-electron chi connectivity index (χ2n) is 4.95. The minimum Gasteiger partial charge on any atom is -0.396 e. The minimum atomic E-state index is -0.125. The predicted octanol–water partition coefficient (Wildman–Crippen LogP) is 3.41. The molecular weight excluding hydrogens is 294 g/mol. The van der Waals surface area contributed by atoms with Crippen molar-refractivity contribution < 1.29 is 9.90 Å². The van der Waals surface area contributed by atoms with E-state index in [-0.39, 0.29) is 18.6 Å². The number of aliphatic hydroxyl groups excluding tert-OH is 1. The maximum atomic E-state index is 12.1. The Labute approximate surface area is 135 Å². The summed E-state index contributed by atoms with van der Waals surface area (Å²) in [5.41, 5.74) is 1.03. The van der Waals surface area contributed by atoms with Crippen LogP contribution in [0.1, 0.15) is 24.4 Å². The molecule has 1 atom stereocenters. The molecule has 116 valence electrons. The third kappa shape index (κ3) is 5.54. The maximum absolute atomic E-state index is 12.1. The van der Waals surface area contributed by atoms with Gasteiger partial charge in [0.2, 0.25) is 5.91 Å². The number of benzene rings is 2. The van der Waals surface area contributed by atoms with Gasteiger partial charge in [0, 0.05) is 23.7 Å². The Bertz CT molecular complexity index is 560. The Morgan fingerprint density at radius 1 is 1.05 bits per heavy atom. The first-order chi connectivity index (χ1) is 10.8. The second kappa shape index (κ2) is 9.28. The summed E-state index contributed by atoms with van der Waals surface area (Å²) in [7, 11) is 0. The van der Waals surface area contributed by atoms with E-state index in [0.29, 0.717) is 12.8 Å². The molecule has 0 fully saturated rings. The van der Waals surface area contributed by atoms with Crippen molar-refractivity contribution in [3.63, 3.8) is 0 Å². The van der Waals surface area contributed by atoms with Crippen LogP contribution in [-0.4, -0.2) is 23.4 Å². The summed E-state index contributed by atoms with van der Waals surface area (Å²) in [6, 6.07) is 19.7. The molecule has 0 aromatic heterocycles. The SMILES string of the molecule is O=C(CCSc1ccccc1)NC(CCO)c1ccccc1. The molecule has 22 heavy (non-hydrogen) atoms. The fourth-order valence-corrected chi connectivity index (χ4v) is 3.05. The highest BCUT2D eigenvalue weighted by molar-refractivity contribution is 7.99. The van der Waals surface area contributed by atoms with E-state index < -0.39 is 0 Å². The highest BCUT2D eigenvalue weighted by Gasteiger charge is 2.13. The second-order valence-corrected chi connectivity index (χ2v) is 6.12. The lowest BCUT2D eigenvalue weighted by atomic mass is 10.0. The van der Waals surface area contributed by atoms with Gasteiger partial charge in [0.15, 0.2) is 0 Å². The van der Waals surface area contributed by atoms with Crippen molar-refractivity contribution in [3.05, 3.63) is 66.2 Å². The smallest absolute Gasteiger partial charge is 0.221 e. The predicted molar refractivity (Wildman–Crippen MR) is 90.8 cm³/mol. The van der Waals surface area contributed by atoms with Crippen LogP contribution in [0.5, 0.6) is 0 Å². The van der Waals surface area contributed by atoms with E-state index in [0.717, 1.165) is 11.3 Å². The quantitative estimate of drug-likeness (QED) is 0.734. The Morgan fingerprint density at radius 2 is 1.68 bits per heavy atom. The summed E-state index contributed by atoms with van der Waals surface area (Å²) in [5, 5.41) is 12.2. The molecule has 0 aliphatic carbocycles. The largest absolute Gasteiger partial charge is 0.396 e. The van der Waals surface area contributed by atoms with E-state index in [2.05, 4.69) is 5.32 Å². The summed E-state index contributed by atoms with van der Waals surface area (Å²) in [4.78, 5) is 13.3. The third-order valence-corrected chi connectivity index (χ3v) is 4.31. The summed E-state index contributed by atoms with van der Waals surface area (Å²) in [6.07, 6.45) is 0.996. The fraction of sp³-hybridized carbons (Fsp3) is 0.278. The molecule has 2 aromatic carbocycles. The number of carbonyl (C=O) groups is 1. The van der Waals surface area contributed by atoms with E-state index in [4.69, 9.17) is 0 Å². The summed E-state index contributed by atoms with van der Waals surface area (Å²) in [6.45, 7) is 0.0542. The van der Waals surface area contributed by atoms with E-state index in [1.807, 2.05) is 60.7 Å². The number of carbonyl (C=O) groups excluding carboxylic acids is 1. The van der Waals surface area contributed by atoms with Crippen molar-refractivity contribution in [2.45, 2.75) is 23.8 Å². The summed E-state index contributed by atoms with van der Waals surface area (Å²) >= 11 is 1.67. The summed E-state index contributed by atoms with van der Waals surface area (Å²) < 4.78 is 0. The van der Waals surface area contributed by atoms with Crippen LogP contribution in [-0.2, 0) is 4.79 Å². The van der Waals surface area contributed by atoms with Crippen LogP contribution in [0.3, 0.4) is 0 Å². The molecule has 3 nitrogen and oxygen atoms in total. The Hall–Kier alpha value is -1.78. The number of thioether (sulfide) groups is 1. The molecule has 0 radical (unpaired) electrons. The van der Waals surface area contributed by atoms with Crippen LogP contribution >= 0.6 is 11.8 Å². The molecule has 4 heteroatoms. The van der Waals surface area contributed by atoms with Crippen LogP contribution in [0.25, 0.3) is 0 Å². The Kier molecular flexibility index (Phi) is 7.00. The van der Waals surface area contributed by atoms with E-state index >= 15 is 0 Å². The van der Waals surface area contributed by atoms with Gasteiger partial charge < -0.3 is 10.4 Å². The lowest BCUT2D eigenvalue weighted by Gasteiger charge is -2.18. The minimum absolute atomic E-state index is 0.0192. The Morgan fingerprint density at radius 3 is 2.32 bits per heavy atom. The lowest BCUT2D eigenvalue weighted by molar-refractivity contribution is -0.121. The molecule has 1 unspecified atom stereocenters. The van der Waals surface area contributed by atoms with Gasteiger partial charge in [0.25, 0.3) is 0 Å². The molecule has 0 bridgehead atoms.